The summed E-state index contributed by atoms with van der Waals surface area (Å²) in [6, 6.07) is 5.17. The zero-order valence-corrected chi connectivity index (χ0v) is 14.6. The molecule has 1 saturated carbocycles. The van der Waals surface area contributed by atoms with E-state index in [1.54, 1.807) is 6.07 Å². The molecule has 1 fully saturated rings. The van der Waals surface area contributed by atoms with Gasteiger partial charge in [-0.3, -0.25) is 0 Å². The van der Waals surface area contributed by atoms with Gasteiger partial charge in [0.2, 0.25) is 0 Å². The van der Waals surface area contributed by atoms with Crippen LogP contribution >= 0.6 is 0 Å². The minimum atomic E-state index is -4.75. The lowest BCUT2D eigenvalue weighted by Crippen LogP contribution is -2.14. The Bertz CT molecular complexity index is 1020. The van der Waals surface area contributed by atoms with Crippen LogP contribution in [0.15, 0.2) is 41.1 Å². The molecule has 0 radical (unpaired) electrons. The fourth-order valence-corrected chi connectivity index (χ4v) is 3.06. The number of benzene rings is 1. The maximum Gasteiger partial charge on any atom is 0.470 e. The molecule has 0 atom stereocenters. The minimum Gasteiger partial charge on any atom is -0.413 e. The van der Waals surface area contributed by atoms with Crippen LogP contribution in [-0.4, -0.2) is 20.2 Å². The molecule has 11 heteroatoms. The van der Waals surface area contributed by atoms with Crippen LogP contribution in [0, 0.1) is 0 Å². The van der Waals surface area contributed by atoms with Crippen LogP contribution in [0.1, 0.15) is 35.7 Å². The predicted molar refractivity (Wildman–Crippen MR) is 86.4 cm³/mol. The maximum absolute atomic E-state index is 13.0. The Kier molecular flexibility index (Phi) is 4.35. The van der Waals surface area contributed by atoms with Gasteiger partial charge in [0.1, 0.15) is 5.82 Å². The summed E-state index contributed by atoms with van der Waals surface area (Å²) in [6.45, 7) is 0. The van der Waals surface area contributed by atoms with E-state index >= 15 is 0 Å². The monoisotopic (exact) mass is 414 g/mol. The average Bonchev–Trinajstić information content (AvgIpc) is 3.25. The van der Waals surface area contributed by atoms with Crippen LogP contribution in [-0.2, 0) is 24.2 Å². The molecule has 152 valence electrons. The molecule has 1 aliphatic carbocycles. The molecule has 0 amide bonds. The largest absolute Gasteiger partial charge is 0.470 e. The summed E-state index contributed by atoms with van der Waals surface area (Å²) < 4.78 is 81.1. The highest BCUT2D eigenvalue weighted by atomic mass is 19.4. The molecule has 0 bridgehead atoms. The first kappa shape index (κ1) is 19.3. The molecule has 2 aromatic heterocycles. The topological polar surface area (TPSA) is 64.7 Å². The van der Waals surface area contributed by atoms with Gasteiger partial charge < -0.3 is 4.42 Å². The highest BCUT2D eigenvalue weighted by Crippen LogP contribution is 2.51. The molecular formula is C18H12F6N4O. The van der Waals surface area contributed by atoms with Gasteiger partial charge in [0.15, 0.2) is 0 Å². The predicted octanol–water partition coefficient (Wildman–Crippen LogP) is 4.84. The van der Waals surface area contributed by atoms with Gasteiger partial charge >= 0.3 is 18.2 Å². The zero-order chi connectivity index (χ0) is 20.9. The summed E-state index contributed by atoms with van der Waals surface area (Å²) in [7, 11) is 0. The van der Waals surface area contributed by atoms with Crippen molar-refractivity contribution in [3.05, 3.63) is 59.5 Å². The Morgan fingerprint density at radius 1 is 0.931 bits per heavy atom. The van der Waals surface area contributed by atoms with Crippen molar-refractivity contribution in [3.8, 4) is 11.5 Å². The molecule has 3 aromatic rings. The molecule has 0 aliphatic heterocycles. The maximum atomic E-state index is 13.0. The van der Waals surface area contributed by atoms with Gasteiger partial charge in [-0.25, -0.2) is 9.97 Å². The molecule has 0 spiro atoms. The van der Waals surface area contributed by atoms with Gasteiger partial charge in [-0.2, -0.15) is 26.3 Å². The number of aromatic nitrogens is 4. The van der Waals surface area contributed by atoms with E-state index in [1.807, 2.05) is 0 Å². The molecule has 1 aliphatic rings. The van der Waals surface area contributed by atoms with E-state index in [4.69, 9.17) is 0 Å². The van der Waals surface area contributed by atoms with Gasteiger partial charge in [-0.1, -0.05) is 18.2 Å². The number of alkyl halides is 6. The van der Waals surface area contributed by atoms with E-state index in [0.29, 0.717) is 30.7 Å². The van der Waals surface area contributed by atoms with Gasteiger partial charge in [0.25, 0.3) is 5.89 Å². The number of rotatable bonds is 4. The first-order chi connectivity index (χ1) is 13.6. The quantitative estimate of drug-likeness (QED) is 0.572. The number of hydrogen-bond donors (Lipinski definition) is 0. The van der Waals surface area contributed by atoms with Crippen LogP contribution in [0.2, 0.25) is 0 Å². The van der Waals surface area contributed by atoms with Crippen LogP contribution in [0.3, 0.4) is 0 Å². The molecule has 0 N–H and O–H groups in total. The Morgan fingerprint density at radius 2 is 1.62 bits per heavy atom. The van der Waals surface area contributed by atoms with E-state index in [0.717, 1.165) is 12.1 Å². The summed E-state index contributed by atoms with van der Waals surface area (Å²) in [4.78, 5) is 8.21. The molecule has 5 nitrogen and oxygen atoms in total. The van der Waals surface area contributed by atoms with Gasteiger partial charge in [0, 0.05) is 24.2 Å². The molecule has 0 saturated heterocycles. The van der Waals surface area contributed by atoms with E-state index in [2.05, 4.69) is 24.6 Å². The van der Waals surface area contributed by atoms with Crippen molar-refractivity contribution in [1.82, 2.24) is 20.2 Å². The van der Waals surface area contributed by atoms with Crippen LogP contribution in [0.25, 0.3) is 11.5 Å². The summed E-state index contributed by atoms with van der Waals surface area (Å²) in [6.07, 6.45) is -4.99. The third-order valence-electron chi connectivity index (χ3n) is 4.77. The van der Waals surface area contributed by atoms with Crippen LogP contribution < -0.4 is 0 Å². The van der Waals surface area contributed by atoms with E-state index in [9.17, 15) is 26.3 Å². The Morgan fingerprint density at radius 3 is 2.17 bits per heavy atom. The summed E-state index contributed by atoms with van der Waals surface area (Å²) >= 11 is 0. The lowest BCUT2D eigenvalue weighted by molar-refractivity contribution is -0.157. The van der Waals surface area contributed by atoms with Gasteiger partial charge in [-0.05, 0) is 24.5 Å². The van der Waals surface area contributed by atoms with Crippen molar-refractivity contribution in [2.45, 2.75) is 37.0 Å². The van der Waals surface area contributed by atoms with Crippen molar-refractivity contribution in [1.29, 1.82) is 0 Å². The number of hydrogen-bond acceptors (Lipinski definition) is 5. The number of nitrogens with zero attached hydrogens (tertiary/aromatic N) is 4. The van der Waals surface area contributed by atoms with Crippen molar-refractivity contribution in [2.75, 3.05) is 0 Å². The standard InChI is InChI=1S/C18H12F6N4O/c19-17(20,21)12-3-1-2-11(6-12)16(4-5-16)7-13-25-8-10(9-26-13)14-27-28-15(29-14)18(22,23)24/h1-3,6,8-9H,4-5,7H2. The smallest absolute Gasteiger partial charge is 0.413 e. The Balaban J connectivity index is 1.53. The third-order valence-corrected chi connectivity index (χ3v) is 4.77. The highest BCUT2D eigenvalue weighted by Gasteiger charge is 2.46. The highest BCUT2D eigenvalue weighted by molar-refractivity contribution is 5.49. The summed E-state index contributed by atoms with van der Waals surface area (Å²) in [5, 5.41) is 6.26. The number of halogens is 6. The fraction of sp³-hybridized carbons (Fsp3) is 0.333. The van der Waals surface area contributed by atoms with Crippen molar-refractivity contribution in [3.63, 3.8) is 0 Å². The molecule has 4 rings (SSSR count). The van der Waals surface area contributed by atoms with Crippen molar-refractivity contribution >= 4 is 0 Å². The minimum absolute atomic E-state index is 0.112. The Labute approximate surface area is 159 Å². The third kappa shape index (κ3) is 3.94. The molecule has 0 unspecified atom stereocenters. The molecule has 2 heterocycles. The average molecular weight is 414 g/mol. The molecular weight excluding hydrogens is 402 g/mol. The second kappa shape index (κ2) is 6.53. The first-order valence-electron chi connectivity index (χ1n) is 8.47. The van der Waals surface area contributed by atoms with Gasteiger partial charge in [0.05, 0.1) is 11.1 Å². The van der Waals surface area contributed by atoms with Gasteiger partial charge in [-0.15, -0.1) is 10.2 Å². The summed E-state index contributed by atoms with van der Waals surface area (Å²) in [5.41, 5.74) is -0.515. The molecule has 1 aromatic carbocycles. The first-order valence-corrected chi connectivity index (χ1v) is 8.47. The second-order valence-electron chi connectivity index (χ2n) is 6.83. The SMILES string of the molecule is FC(F)(F)c1cccc(C2(Cc3ncc(-c4nnc(C(F)(F)F)o4)cn3)CC2)c1. The summed E-state index contributed by atoms with van der Waals surface area (Å²) in [5.74, 6) is -1.49. The van der Waals surface area contributed by atoms with Crippen molar-refractivity contribution in [2.24, 2.45) is 0 Å². The lowest BCUT2D eigenvalue weighted by Gasteiger charge is -2.17. The van der Waals surface area contributed by atoms with E-state index in [1.165, 1.54) is 18.5 Å². The fourth-order valence-electron chi connectivity index (χ4n) is 3.06. The normalized spacial score (nSPS) is 16.1. The van der Waals surface area contributed by atoms with Crippen LogP contribution in [0.4, 0.5) is 26.3 Å². The molecule has 29 heavy (non-hydrogen) atoms. The van der Waals surface area contributed by atoms with E-state index in [-0.39, 0.29) is 11.5 Å². The second-order valence-corrected chi connectivity index (χ2v) is 6.83. The zero-order valence-electron chi connectivity index (χ0n) is 14.6. The lowest BCUT2D eigenvalue weighted by atomic mass is 9.90. The van der Waals surface area contributed by atoms with Crippen LogP contribution in [0.5, 0.6) is 0 Å². The van der Waals surface area contributed by atoms with E-state index < -0.39 is 29.2 Å². The Hall–Kier alpha value is -2.98. The van der Waals surface area contributed by atoms with Crippen molar-refractivity contribution < 1.29 is 30.8 Å².